The van der Waals surface area contributed by atoms with E-state index in [0.29, 0.717) is 5.75 Å². The first kappa shape index (κ1) is 23.9. The van der Waals surface area contributed by atoms with E-state index < -0.39 is 0 Å². The topological polar surface area (TPSA) is 22.6 Å². The monoisotopic (exact) mass is 518 g/mol. The van der Waals surface area contributed by atoms with E-state index >= 15 is 0 Å². The fourth-order valence-electron chi connectivity index (χ4n) is 6.01. The normalized spacial score (nSPS) is 11.2. The lowest BCUT2D eigenvalue weighted by atomic mass is 9.89. The number of benzene rings is 5. The summed E-state index contributed by atoms with van der Waals surface area (Å²) in [5, 5.41) is 4.51. The molecule has 0 aliphatic heterocycles. The zero-order valence-corrected chi connectivity index (χ0v) is 22.5. The lowest BCUT2D eigenvalue weighted by Crippen LogP contribution is -2.27. The van der Waals surface area contributed by atoms with Crippen molar-refractivity contribution in [2.75, 3.05) is 14.2 Å². The maximum absolute atomic E-state index is 6.00. The highest BCUT2D eigenvalue weighted by Crippen LogP contribution is 2.44. The molecule has 0 fully saturated rings. The lowest BCUT2D eigenvalue weighted by molar-refractivity contribution is -0.495. The van der Waals surface area contributed by atoms with E-state index in [1.807, 2.05) is 6.07 Å². The largest absolute Gasteiger partial charge is 0.493 e. The Bertz CT molecular complexity index is 2000. The summed E-state index contributed by atoms with van der Waals surface area (Å²) in [6.07, 6.45) is 2.22. The van der Waals surface area contributed by atoms with Gasteiger partial charge in [0.1, 0.15) is 0 Å². The van der Waals surface area contributed by atoms with E-state index in [1.165, 1.54) is 21.9 Å². The standard InChI is InChI=1S/C37H28NO2/c1-39-32-23-22-29-31(37(32)40-2)24-38-35(27-18-10-5-11-19-27)33(25-14-6-3-7-15-25)28-20-12-13-21-30(28)36(38)34(29)26-16-8-4-9-17-26/h3-24H,1-2H3/q+1. The number of fused-ring (bicyclic) bond motifs is 4. The first-order valence-electron chi connectivity index (χ1n) is 13.4. The second-order valence-corrected chi connectivity index (χ2v) is 9.85. The molecule has 0 radical (unpaired) electrons. The van der Waals surface area contributed by atoms with Crippen LogP contribution in [-0.2, 0) is 0 Å². The molecule has 0 saturated heterocycles. The Kier molecular flexibility index (Phi) is 5.90. The molecule has 0 unspecified atom stereocenters. The van der Waals surface area contributed by atoms with Gasteiger partial charge in [-0.1, -0.05) is 97.1 Å². The average Bonchev–Trinajstić information content (AvgIpc) is 3.03. The fourth-order valence-corrected chi connectivity index (χ4v) is 6.01. The summed E-state index contributed by atoms with van der Waals surface area (Å²) in [6.45, 7) is 0. The number of nitrogens with zero attached hydrogens (tertiary/aromatic N) is 1. The Morgan fingerprint density at radius 1 is 0.450 bits per heavy atom. The van der Waals surface area contributed by atoms with Gasteiger partial charge in [-0.05, 0) is 41.5 Å². The van der Waals surface area contributed by atoms with Gasteiger partial charge in [-0.2, -0.15) is 4.40 Å². The van der Waals surface area contributed by atoms with Crippen LogP contribution in [0, 0.1) is 0 Å². The zero-order valence-electron chi connectivity index (χ0n) is 22.5. The van der Waals surface area contributed by atoms with Gasteiger partial charge < -0.3 is 9.47 Å². The first-order valence-corrected chi connectivity index (χ1v) is 13.4. The smallest absolute Gasteiger partial charge is 0.227 e. The molecule has 5 aromatic carbocycles. The van der Waals surface area contributed by atoms with Gasteiger partial charge in [0, 0.05) is 16.3 Å². The van der Waals surface area contributed by atoms with Crippen LogP contribution in [0.5, 0.6) is 11.5 Å². The van der Waals surface area contributed by atoms with Crippen molar-refractivity contribution in [1.29, 1.82) is 0 Å². The van der Waals surface area contributed by atoms with Crippen LogP contribution in [0.3, 0.4) is 0 Å². The minimum atomic E-state index is 0.708. The number of rotatable bonds is 5. The van der Waals surface area contributed by atoms with Gasteiger partial charge in [-0.3, -0.25) is 0 Å². The third kappa shape index (κ3) is 3.70. The Morgan fingerprint density at radius 2 is 0.975 bits per heavy atom. The van der Waals surface area contributed by atoms with Crippen LogP contribution in [0.2, 0.25) is 0 Å². The van der Waals surface area contributed by atoms with Crippen LogP contribution in [0.25, 0.3) is 60.6 Å². The van der Waals surface area contributed by atoms with Crippen molar-refractivity contribution in [2.24, 2.45) is 0 Å². The minimum Gasteiger partial charge on any atom is -0.493 e. The molecule has 7 rings (SSSR count). The molecule has 0 atom stereocenters. The quantitative estimate of drug-likeness (QED) is 0.129. The molecule has 3 nitrogen and oxygen atoms in total. The van der Waals surface area contributed by atoms with Crippen LogP contribution in [0.15, 0.2) is 134 Å². The van der Waals surface area contributed by atoms with E-state index in [1.54, 1.807) is 14.2 Å². The van der Waals surface area contributed by atoms with Crippen molar-refractivity contribution in [3.8, 4) is 45.0 Å². The summed E-state index contributed by atoms with van der Waals surface area (Å²) in [5.74, 6) is 1.43. The van der Waals surface area contributed by atoms with Crippen LogP contribution < -0.4 is 13.9 Å². The molecule has 0 aliphatic carbocycles. The number of pyridine rings is 2. The maximum Gasteiger partial charge on any atom is 0.227 e. The molecule has 0 spiro atoms. The summed E-state index contributed by atoms with van der Waals surface area (Å²) >= 11 is 0. The van der Waals surface area contributed by atoms with Crippen LogP contribution in [0.1, 0.15) is 0 Å². The van der Waals surface area contributed by atoms with Crippen LogP contribution in [0.4, 0.5) is 0 Å². The Morgan fingerprint density at radius 3 is 1.57 bits per heavy atom. The summed E-state index contributed by atoms with van der Waals surface area (Å²) in [7, 11) is 3.40. The van der Waals surface area contributed by atoms with Gasteiger partial charge in [-0.25, -0.2) is 0 Å². The van der Waals surface area contributed by atoms with Gasteiger partial charge >= 0.3 is 0 Å². The second kappa shape index (κ2) is 9.87. The average molecular weight is 519 g/mol. The molecule has 0 N–H and O–H groups in total. The van der Waals surface area contributed by atoms with Gasteiger partial charge in [-0.15, -0.1) is 0 Å². The van der Waals surface area contributed by atoms with Crippen LogP contribution in [-0.4, -0.2) is 14.2 Å². The number of hydrogen-bond donors (Lipinski definition) is 0. The summed E-state index contributed by atoms with van der Waals surface area (Å²) in [4.78, 5) is 0. The predicted molar refractivity (Wildman–Crippen MR) is 164 cm³/mol. The van der Waals surface area contributed by atoms with Crippen molar-refractivity contribution >= 4 is 27.1 Å². The van der Waals surface area contributed by atoms with Crippen molar-refractivity contribution in [2.45, 2.75) is 0 Å². The molecular weight excluding hydrogens is 490 g/mol. The second-order valence-electron chi connectivity index (χ2n) is 9.85. The highest BCUT2D eigenvalue weighted by molar-refractivity contribution is 6.15. The van der Waals surface area contributed by atoms with Crippen molar-refractivity contribution in [3.05, 3.63) is 134 Å². The minimum absolute atomic E-state index is 0.708. The molecule has 2 aromatic heterocycles. The van der Waals surface area contributed by atoms with Crippen molar-refractivity contribution < 1.29 is 13.9 Å². The van der Waals surface area contributed by atoms with Gasteiger partial charge in [0.25, 0.3) is 0 Å². The molecule has 0 amide bonds. The van der Waals surface area contributed by atoms with E-state index in [9.17, 15) is 0 Å². The van der Waals surface area contributed by atoms with Crippen molar-refractivity contribution in [3.63, 3.8) is 0 Å². The predicted octanol–water partition coefficient (Wildman–Crippen LogP) is 8.75. The molecule has 40 heavy (non-hydrogen) atoms. The highest BCUT2D eigenvalue weighted by Gasteiger charge is 2.29. The third-order valence-corrected chi connectivity index (χ3v) is 7.69. The van der Waals surface area contributed by atoms with Gasteiger partial charge in [0.15, 0.2) is 17.7 Å². The van der Waals surface area contributed by atoms with Gasteiger partial charge in [0.2, 0.25) is 11.2 Å². The van der Waals surface area contributed by atoms with E-state index in [0.717, 1.165) is 44.4 Å². The Balaban J connectivity index is 1.82. The van der Waals surface area contributed by atoms with E-state index in [4.69, 9.17) is 9.47 Å². The zero-order chi connectivity index (χ0) is 27.1. The van der Waals surface area contributed by atoms with Crippen molar-refractivity contribution in [1.82, 2.24) is 0 Å². The Labute approximate surface area is 233 Å². The Hall–Kier alpha value is -5.15. The summed E-state index contributed by atoms with van der Waals surface area (Å²) in [6, 6.07) is 44.9. The summed E-state index contributed by atoms with van der Waals surface area (Å²) in [5.41, 5.74) is 8.10. The molecule has 2 heterocycles. The highest BCUT2D eigenvalue weighted by atomic mass is 16.5. The molecule has 7 aromatic rings. The maximum atomic E-state index is 6.00. The molecule has 3 heteroatoms. The molecule has 0 saturated carbocycles. The van der Waals surface area contributed by atoms with E-state index in [-0.39, 0.29) is 0 Å². The van der Waals surface area contributed by atoms with E-state index in [2.05, 4.69) is 132 Å². The fraction of sp³-hybridized carbons (Fsp3) is 0.0541. The number of aromatic nitrogens is 1. The molecule has 0 aliphatic rings. The van der Waals surface area contributed by atoms with Gasteiger partial charge in [0.05, 0.1) is 36.1 Å². The number of hydrogen-bond acceptors (Lipinski definition) is 2. The first-order chi connectivity index (χ1) is 19.8. The SMILES string of the molecule is COc1ccc2c(-c3ccccc3)c3c4ccccc4c(-c4ccccc4)c(-c4ccccc4)[n+]3cc2c1OC. The molecule has 0 bridgehead atoms. The molecule has 192 valence electrons. The third-order valence-electron chi connectivity index (χ3n) is 7.69. The number of ether oxygens (including phenoxy) is 2. The summed E-state index contributed by atoms with van der Waals surface area (Å²) < 4.78 is 14.1. The molecular formula is C37H28NO2+. The lowest BCUT2D eigenvalue weighted by Gasteiger charge is -2.17. The van der Waals surface area contributed by atoms with Crippen LogP contribution >= 0.6 is 0 Å². The number of methoxy groups -OCH3 is 2.